The summed E-state index contributed by atoms with van der Waals surface area (Å²) < 4.78 is 0. The number of carboxylic acid groups (broad SMARTS) is 1. The number of thioether (sulfide) groups is 1. The van der Waals surface area contributed by atoms with Crippen molar-refractivity contribution < 1.29 is 9.90 Å². The molecule has 1 saturated heterocycles. The fourth-order valence-corrected chi connectivity index (χ4v) is 4.05. The van der Waals surface area contributed by atoms with Crippen molar-refractivity contribution in [1.29, 1.82) is 0 Å². The van der Waals surface area contributed by atoms with Gasteiger partial charge in [-0.15, -0.1) is 0 Å². The lowest BCUT2D eigenvalue weighted by Crippen LogP contribution is -2.49. The number of hydrogen-bond donors (Lipinski definition) is 1. The van der Waals surface area contributed by atoms with Gasteiger partial charge in [0.15, 0.2) is 0 Å². The van der Waals surface area contributed by atoms with Crippen LogP contribution in [0.25, 0.3) is 0 Å². The van der Waals surface area contributed by atoms with Gasteiger partial charge in [-0.1, -0.05) is 20.8 Å². The van der Waals surface area contributed by atoms with Crippen molar-refractivity contribution in [2.75, 3.05) is 25.1 Å². The normalized spacial score (nSPS) is 26.7. The molecule has 1 aliphatic heterocycles. The molecule has 1 N–H and O–H groups in total. The van der Waals surface area contributed by atoms with E-state index in [2.05, 4.69) is 25.8 Å². The van der Waals surface area contributed by atoms with Crippen LogP contribution in [0.4, 0.5) is 0 Å². The fraction of sp³-hybridized carbons (Fsp3) is 0.917. The minimum absolute atomic E-state index is 0.285. The lowest BCUT2D eigenvalue weighted by atomic mass is 9.81. The van der Waals surface area contributed by atoms with E-state index >= 15 is 0 Å². The van der Waals surface area contributed by atoms with Gasteiger partial charge in [-0.3, -0.25) is 4.79 Å². The molecule has 0 aromatic rings. The number of aliphatic carboxylic acids is 1. The number of rotatable bonds is 4. The average Bonchev–Trinajstić information content (AvgIpc) is 2.16. The molecule has 0 aromatic heterocycles. The Kier molecular flexibility index (Phi) is 4.68. The molecule has 0 aromatic carbocycles. The Balaban J connectivity index is 2.58. The third-order valence-electron chi connectivity index (χ3n) is 3.58. The van der Waals surface area contributed by atoms with Gasteiger partial charge in [-0.05, 0) is 24.6 Å². The van der Waals surface area contributed by atoms with Crippen molar-refractivity contribution in [3.8, 4) is 0 Å². The second-order valence-electron chi connectivity index (χ2n) is 5.51. The molecule has 1 rings (SSSR count). The maximum atomic E-state index is 10.8. The first kappa shape index (κ1) is 13.8. The predicted octanol–water partition coefficient (Wildman–Crippen LogP) is 2.17. The zero-order chi connectivity index (χ0) is 12.3. The highest BCUT2D eigenvalue weighted by molar-refractivity contribution is 7.99. The van der Waals surface area contributed by atoms with Gasteiger partial charge in [0.05, 0.1) is 5.92 Å². The summed E-state index contributed by atoms with van der Waals surface area (Å²) in [6.07, 6.45) is 1.22. The molecule has 3 nitrogen and oxygen atoms in total. The van der Waals surface area contributed by atoms with Crippen molar-refractivity contribution in [3.05, 3.63) is 0 Å². The van der Waals surface area contributed by atoms with E-state index < -0.39 is 5.97 Å². The maximum Gasteiger partial charge on any atom is 0.307 e. The summed E-state index contributed by atoms with van der Waals surface area (Å²) in [4.78, 5) is 13.1. The molecule has 1 aliphatic rings. The first-order chi connectivity index (χ1) is 7.34. The van der Waals surface area contributed by atoms with Crippen molar-refractivity contribution in [1.82, 2.24) is 4.90 Å². The van der Waals surface area contributed by atoms with Crippen molar-refractivity contribution in [2.24, 2.45) is 11.3 Å². The molecule has 0 spiro atoms. The number of carboxylic acids is 1. The Hall–Kier alpha value is -0.220. The molecule has 0 saturated carbocycles. The van der Waals surface area contributed by atoms with Crippen LogP contribution in [0.3, 0.4) is 0 Å². The quantitative estimate of drug-likeness (QED) is 0.824. The number of nitrogens with zero attached hydrogens (tertiary/aromatic N) is 1. The molecule has 4 heteroatoms. The predicted molar refractivity (Wildman–Crippen MR) is 68.9 cm³/mol. The second-order valence-corrected chi connectivity index (χ2v) is 6.66. The SMILES string of the molecule is CC(CN(C)C1CSCCC1(C)C)C(=O)O. The maximum absolute atomic E-state index is 10.8. The first-order valence-electron chi connectivity index (χ1n) is 5.85. The van der Waals surface area contributed by atoms with E-state index in [-0.39, 0.29) is 5.92 Å². The summed E-state index contributed by atoms with van der Waals surface area (Å²) in [7, 11) is 2.05. The van der Waals surface area contributed by atoms with Gasteiger partial charge in [-0.25, -0.2) is 0 Å². The summed E-state index contributed by atoms with van der Waals surface area (Å²) in [5.41, 5.74) is 0.304. The molecule has 2 atom stereocenters. The van der Waals surface area contributed by atoms with Gasteiger partial charge >= 0.3 is 5.97 Å². The average molecular weight is 245 g/mol. The Morgan fingerprint density at radius 2 is 2.25 bits per heavy atom. The van der Waals surface area contributed by atoms with Gasteiger partial charge < -0.3 is 10.0 Å². The molecule has 2 unspecified atom stereocenters. The Morgan fingerprint density at radius 3 is 2.75 bits per heavy atom. The van der Waals surface area contributed by atoms with Crippen LogP contribution in [0.5, 0.6) is 0 Å². The third kappa shape index (κ3) is 3.39. The second kappa shape index (κ2) is 5.41. The van der Waals surface area contributed by atoms with Gasteiger partial charge in [0.25, 0.3) is 0 Å². The van der Waals surface area contributed by atoms with Crippen LogP contribution in [0.1, 0.15) is 27.2 Å². The Bertz CT molecular complexity index is 255. The van der Waals surface area contributed by atoms with Crippen molar-refractivity contribution >= 4 is 17.7 Å². The lowest BCUT2D eigenvalue weighted by molar-refractivity contribution is -0.142. The van der Waals surface area contributed by atoms with E-state index in [0.717, 1.165) is 5.75 Å². The van der Waals surface area contributed by atoms with E-state index in [4.69, 9.17) is 5.11 Å². The minimum Gasteiger partial charge on any atom is -0.481 e. The number of hydrogen-bond acceptors (Lipinski definition) is 3. The van der Waals surface area contributed by atoms with E-state index in [1.165, 1.54) is 12.2 Å². The fourth-order valence-electron chi connectivity index (χ4n) is 2.28. The van der Waals surface area contributed by atoms with Crippen LogP contribution in [0.2, 0.25) is 0 Å². The van der Waals surface area contributed by atoms with E-state index in [0.29, 0.717) is 18.0 Å². The van der Waals surface area contributed by atoms with Crippen molar-refractivity contribution in [2.45, 2.75) is 33.2 Å². The largest absolute Gasteiger partial charge is 0.481 e. The first-order valence-corrected chi connectivity index (χ1v) is 7.01. The van der Waals surface area contributed by atoms with Crippen LogP contribution in [0, 0.1) is 11.3 Å². The highest BCUT2D eigenvalue weighted by Gasteiger charge is 2.35. The van der Waals surface area contributed by atoms with Gasteiger partial charge in [-0.2, -0.15) is 11.8 Å². The molecule has 0 bridgehead atoms. The zero-order valence-electron chi connectivity index (χ0n) is 10.7. The van der Waals surface area contributed by atoms with Crippen LogP contribution in [-0.2, 0) is 4.79 Å². The highest BCUT2D eigenvalue weighted by Crippen LogP contribution is 2.36. The summed E-state index contributed by atoms with van der Waals surface area (Å²) >= 11 is 1.98. The summed E-state index contributed by atoms with van der Waals surface area (Å²) in [6, 6.07) is 0.494. The monoisotopic (exact) mass is 245 g/mol. The van der Waals surface area contributed by atoms with Crippen LogP contribution >= 0.6 is 11.8 Å². The van der Waals surface area contributed by atoms with E-state index in [9.17, 15) is 4.79 Å². The molecule has 0 amide bonds. The summed E-state index contributed by atoms with van der Waals surface area (Å²) in [6.45, 7) is 7.00. The number of carbonyl (C=O) groups is 1. The Morgan fingerprint density at radius 1 is 1.62 bits per heavy atom. The standard InChI is InChI=1S/C12H23NO2S/c1-9(11(14)15)7-13(4)10-8-16-6-5-12(10,2)3/h9-10H,5-8H2,1-4H3,(H,14,15). The smallest absolute Gasteiger partial charge is 0.307 e. The topological polar surface area (TPSA) is 40.5 Å². The molecule has 94 valence electrons. The minimum atomic E-state index is -0.701. The highest BCUT2D eigenvalue weighted by atomic mass is 32.2. The molecule has 0 radical (unpaired) electrons. The molecule has 16 heavy (non-hydrogen) atoms. The molecule has 0 aliphatic carbocycles. The molecule has 1 heterocycles. The molecular formula is C12H23NO2S. The van der Waals surface area contributed by atoms with Gasteiger partial charge in [0.2, 0.25) is 0 Å². The molecule has 1 fully saturated rings. The molecular weight excluding hydrogens is 222 g/mol. The van der Waals surface area contributed by atoms with Gasteiger partial charge in [0, 0.05) is 18.3 Å². The summed E-state index contributed by atoms with van der Waals surface area (Å²) in [5.74, 6) is 1.36. The van der Waals surface area contributed by atoms with Crippen LogP contribution < -0.4 is 0 Å². The zero-order valence-corrected chi connectivity index (χ0v) is 11.5. The third-order valence-corrected chi connectivity index (χ3v) is 4.63. The summed E-state index contributed by atoms with van der Waals surface area (Å²) in [5, 5.41) is 8.93. The van der Waals surface area contributed by atoms with Crippen molar-refractivity contribution in [3.63, 3.8) is 0 Å². The van der Waals surface area contributed by atoms with Crippen LogP contribution in [0.15, 0.2) is 0 Å². The van der Waals surface area contributed by atoms with E-state index in [1.54, 1.807) is 6.92 Å². The van der Waals surface area contributed by atoms with Crippen LogP contribution in [-0.4, -0.2) is 47.1 Å². The lowest BCUT2D eigenvalue weighted by Gasteiger charge is -2.44. The van der Waals surface area contributed by atoms with E-state index in [1.807, 2.05) is 11.8 Å². The van der Waals surface area contributed by atoms with Gasteiger partial charge in [0.1, 0.15) is 0 Å². The Labute approximate surface area is 103 Å².